The first kappa shape index (κ1) is 25.7. The molecule has 3 N–H and O–H groups in total. The highest BCUT2D eigenvalue weighted by Gasteiger charge is 2.38. The van der Waals surface area contributed by atoms with E-state index in [0.717, 1.165) is 30.8 Å². The van der Waals surface area contributed by atoms with Crippen molar-refractivity contribution in [3.63, 3.8) is 0 Å². The van der Waals surface area contributed by atoms with Crippen LogP contribution in [0.25, 0.3) is 0 Å². The maximum absolute atomic E-state index is 12.5. The lowest BCUT2D eigenvalue weighted by Crippen LogP contribution is -2.35. The van der Waals surface area contributed by atoms with Crippen LogP contribution in [-0.4, -0.2) is 47.3 Å². The molecule has 1 atom stereocenters. The first-order valence-corrected chi connectivity index (χ1v) is 10.2. The second-order valence-electron chi connectivity index (χ2n) is 7.80. The molecule has 1 aliphatic heterocycles. The fourth-order valence-electron chi connectivity index (χ4n) is 3.50. The summed E-state index contributed by atoms with van der Waals surface area (Å²) >= 11 is 0. The van der Waals surface area contributed by atoms with Gasteiger partial charge >= 0.3 is 18.1 Å². The number of aromatic carboxylic acids is 1. The van der Waals surface area contributed by atoms with Crippen LogP contribution in [-0.2, 0) is 4.79 Å². The molecule has 0 aromatic heterocycles. The van der Waals surface area contributed by atoms with Gasteiger partial charge in [-0.1, -0.05) is 25.1 Å². The van der Waals surface area contributed by atoms with E-state index >= 15 is 0 Å². The molecule has 0 aliphatic carbocycles. The lowest BCUT2D eigenvalue weighted by molar-refractivity contribution is -0.192. The van der Waals surface area contributed by atoms with E-state index in [1.54, 1.807) is 24.3 Å². The number of amides is 1. The zero-order valence-electron chi connectivity index (χ0n) is 18.1. The van der Waals surface area contributed by atoms with Gasteiger partial charge in [0.25, 0.3) is 5.91 Å². The molecule has 1 heterocycles. The van der Waals surface area contributed by atoms with Crippen LogP contribution >= 0.6 is 0 Å². The number of alkyl halides is 3. The summed E-state index contributed by atoms with van der Waals surface area (Å²) in [6.45, 7) is 5.77. The van der Waals surface area contributed by atoms with E-state index in [-0.39, 0.29) is 11.5 Å². The summed E-state index contributed by atoms with van der Waals surface area (Å²) in [6, 6.07) is 12.4. The van der Waals surface area contributed by atoms with Crippen LogP contribution in [0.4, 0.5) is 24.5 Å². The van der Waals surface area contributed by atoms with Crippen LogP contribution in [0, 0.1) is 12.8 Å². The van der Waals surface area contributed by atoms with Crippen molar-refractivity contribution in [3.8, 4) is 0 Å². The molecule has 0 saturated carbocycles. The summed E-state index contributed by atoms with van der Waals surface area (Å²) in [5, 5.41) is 19.6. The van der Waals surface area contributed by atoms with Crippen molar-refractivity contribution in [2.45, 2.75) is 32.9 Å². The van der Waals surface area contributed by atoms with E-state index in [9.17, 15) is 27.9 Å². The van der Waals surface area contributed by atoms with Crippen LogP contribution in [0.1, 0.15) is 46.0 Å². The maximum atomic E-state index is 12.5. The van der Waals surface area contributed by atoms with E-state index in [2.05, 4.69) is 17.1 Å². The standard InChI is InChI=1S/C21H24N2O3.C2HF3O2/c1-14-6-5-11-23(13-14)19-10-9-16(12-18(19)21(25)26)22-20(24)17-8-4-3-7-15(17)2;3-2(4,5)1(6)7/h3-4,7-10,12,14H,5-6,11,13H2,1-2H3,(H,22,24)(H,25,26);(H,6,7). The van der Waals surface area contributed by atoms with E-state index in [1.165, 1.54) is 6.42 Å². The van der Waals surface area contributed by atoms with Crippen molar-refractivity contribution < 1.29 is 37.8 Å². The second-order valence-corrected chi connectivity index (χ2v) is 7.80. The quantitative estimate of drug-likeness (QED) is 0.597. The average molecular weight is 466 g/mol. The lowest BCUT2D eigenvalue weighted by atomic mass is 9.98. The van der Waals surface area contributed by atoms with Gasteiger partial charge in [0.15, 0.2) is 0 Å². The Labute approximate surface area is 188 Å². The van der Waals surface area contributed by atoms with Gasteiger partial charge in [-0.05, 0) is 55.5 Å². The van der Waals surface area contributed by atoms with Gasteiger partial charge in [0.2, 0.25) is 0 Å². The third-order valence-electron chi connectivity index (χ3n) is 5.11. The Morgan fingerprint density at radius 2 is 1.70 bits per heavy atom. The smallest absolute Gasteiger partial charge is 0.478 e. The Balaban J connectivity index is 0.000000479. The number of nitrogens with zero attached hydrogens (tertiary/aromatic N) is 1. The number of hydrogen-bond acceptors (Lipinski definition) is 4. The minimum atomic E-state index is -5.08. The van der Waals surface area contributed by atoms with Gasteiger partial charge in [-0.3, -0.25) is 4.79 Å². The predicted molar refractivity (Wildman–Crippen MR) is 117 cm³/mol. The molecule has 7 nitrogen and oxygen atoms in total. The van der Waals surface area contributed by atoms with Gasteiger partial charge in [-0.25, -0.2) is 9.59 Å². The Kier molecular flexibility index (Phi) is 8.44. The van der Waals surface area contributed by atoms with Crippen molar-refractivity contribution in [2.24, 2.45) is 5.92 Å². The highest BCUT2D eigenvalue weighted by atomic mass is 19.4. The predicted octanol–water partition coefficient (Wildman–Crippen LogP) is 4.82. The molecule has 1 unspecified atom stereocenters. The highest BCUT2D eigenvalue weighted by molar-refractivity contribution is 6.06. The zero-order chi connectivity index (χ0) is 24.8. The van der Waals surface area contributed by atoms with Crippen LogP contribution < -0.4 is 10.2 Å². The number of benzene rings is 2. The fourth-order valence-corrected chi connectivity index (χ4v) is 3.50. The van der Waals surface area contributed by atoms with Gasteiger partial charge in [-0.2, -0.15) is 13.2 Å². The number of aliphatic carboxylic acids is 1. The highest BCUT2D eigenvalue weighted by Crippen LogP contribution is 2.29. The summed E-state index contributed by atoms with van der Waals surface area (Å²) < 4.78 is 31.7. The van der Waals surface area contributed by atoms with Gasteiger partial charge < -0.3 is 20.4 Å². The Morgan fingerprint density at radius 1 is 1.06 bits per heavy atom. The number of carbonyl (C=O) groups excluding carboxylic acids is 1. The SMILES string of the molecule is Cc1ccccc1C(=O)Nc1ccc(N2CCCC(C)C2)c(C(=O)O)c1.O=C(O)C(F)(F)F. The van der Waals surface area contributed by atoms with Crippen molar-refractivity contribution in [1.29, 1.82) is 0 Å². The molecule has 1 fully saturated rings. The van der Waals surface area contributed by atoms with E-state index in [0.29, 0.717) is 17.2 Å². The van der Waals surface area contributed by atoms with Crippen molar-refractivity contribution in [3.05, 3.63) is 59.2 Å². The van der Waals surface area contributed by atoms with E-state index in [4.69, 9.17) is 9.90 Å². The van der Waals surface area contributed by atoms with Crippen molar-refractivity contribution >= 4 is 29.2 Å². The molecule has 2 aromatic carbocycles. The second kappa shape index (κ2) is 10.8. The number of nitrogens with one attached hydrogen (secondary N) is 1. The van der Waals surface area contributed by atoms with Gasteiger partial charge in [0.1, 0.15) is 0 Å². The summed E-state index contributed by atoms with van der Waals surface area (Å²) in [4.78, 5) is 35.3. The first-order valence-electron chi connectivity index (χ1n) is 10.2. The van der Waals surface area contributed by atoms with Gasteiger partial charge in [0.05, 0.1) is 11.3 Å². The molecule has 0 bridgehead atoms. The molecule has 33 heavy (non-hydrogen) atoms. The minimum Gasteiger partial charge on any atom is -0.478 e. The van der Waals surface area contributed by atoms with Gasteiger partial charge in [-0.15, -0.1) is 0 Å². The topological polar surface area (TPSA) is 107 Å². The lowest BCUT2D eigenvalue weighted by Gasteiger charge is -2.33. The molecule has 1 amide bonds. The number of rotatable bonds is 4. The Bertz CT molecular complexity index is 1020. The zero-order valence-corrected chi connectivity index (χ0v) is 18.1. The molecule has 1 saturated heterocycles. The minimum absolute atomic E-state index is 0.224. The molecular weight excluding hydrogens is 441 g/mol. The third kappa shape index (κ3) is 7.23. The molecule has 0 spiro atoms. The molecule has 3 rings (SSSR count). The monoisotopic (exact) mass is 466 g/mol. The third-order valence-corrected chi connectivity index (χ3v) is 5.11. The molecule has 0 radical (unpaired) electrons. The van der Waals surface area contributed by atoms with Crippen LogP contribution in [0.5, 0.6) is 0 Å². The number of hydrogen-bond donors (Lipinski definition) is 3. The Hall–Kier alpha value is -3.56. The number of piperidine rings is 1. The van der Waals surface area contributed by atoms with Crippen LogP contribution in [0.3, 0.4) is 0 Å². The van der Waals surface area contributed by atoms with Crippen molar-refractivity contribution in [1.82, 2.24) is 0 Å². The van der Waals surface area contributed by atoms with E-state index in [1.807, 2.05) is 25.1 Å². The molecule has 1 aliphatic rings. The molecule has 178 valence electrons. The van der Waals surface area contributed by atoms with Crippen LogP contribution in [0.2, 0.25) is 0 Å². The number of anilines is 2. The summed E-state index contributed by atoms with van der Waals surface area (Å²) in [7, 11) is 0. The summed E-state index contributed by atoms with van der Waals surface area (Å²) in [5.74, 6) is -3.43. The summed E-state index contributed by atoms with van der Waals surface area (Å²) in [5.41, 5.74) is 2.89. The average Bonchev–Trinajstić information content (AvgIpc) is 2.73. The van der Waals surface area contributed by atoms with Crippen LogP contribution in [0.15, 0.2) is 42.5 Å². The maximum Gasteiger partial charge on any atom is 0.490 e. The number of aryl methyl sites for hydroxylation is 1. The largest absolute Gasteiger partial charge is 0.490 e. The van der Waals surface area contributed by atoms with E-state index < -0.39 is 18.1 Å². The number of carbonyl (C=O) groups is 3. The number of carboxylic acid groups (broad SMARTS) is 2. The van der Waals surface area contributed by atoms with Crippen molar-refractivity contribution in [2.75, 3.05) is 23.3 Å². The van der Waals surface area contributed by atoms with Gasteiger partial charge in [0, 0.05) is 24.3 Å². The molecule has 2 aromatic rings. The first-order chi connectivity index (χ1) is 15.4. The fraction of sp³-hybridized carbons (Fsp3) is 0.348. The molecule has 10 heteroatoms. The molecular formula is C23H25F3N2O5. The number of halogens is 3. The number of carboxylic acids is 2. The normalized spacial score (nSPS) is 15.8. The summed E-state index contributed by atoms with van der Waals surface area (Å²) in [6.07, 6.45) is -2.85. The Morgan fingerprint density at radius 3 is 2.24 bits per heavy atom.